The van der Waals surface area contributed by atoms with E-state index in [0.29, 0.717) is 18.1 Å². The Morgan fingerprint density at radius 3 is 2.38 bits per heavy atom. The van der Waals surface area contributed by atoms with Gasteiger partial charge in [-0.2, -0.15) is 0 Å². The van der Waals surface area contributed by atoms with E-state index >= 15 is 0 Å². The van der Waals surface area contributed by atoms with Crippen molar-refractivity contribution in [1.29, 1.82) is 0 Å². The van der Waals surface area contributed by atoms with Crippen molar-refractivity contribution < 1.29 is 9.53 Å². The van der Waals surface area contributed by atoms with E-state index in [0.717, 1.165) is 27.2 Å². The van der Waals surface area contributed by atoms with E-state index in [2.05, 4.69) is 35.1 Å². The van der Waals surface area contributed by atoms with Crippen LogP contribution in [0.5, 0.6) is 5.75 Å². The molecule has 5 heteroatoms. The first-order valence-electron chi connectivity index (χ1n) is 9.70. The third-order valence-corrected chi connectivity index (χ3v) is 5.34. The molecule has 1 aliphatic heterocycles. The van der Waals surface area contributed by atoms with Gasteiger partial charge in [0.25, 0.3) is 5.91 Å². The third kappa shape index (κ3) is 4.15. The number of halogens is 1. The Hall–Kier alpha value is -2.79. The molecule has 0 saturated heterocycles. The maximum Gasteiger partial charge on any atom is 0.262 e. The fraction of sp³-hybridized carbons (Fsp3) is 0.208. The molecule has 29 heavy (non-hydrogen) atoms. The predicted octanol–water partition coefficient (Wildman–Crippen LogP) is 6.26. The van der Waals surface area contributed by atoms with Crippen LogP contribution < -0.4 is 15.0 Å². The van der Waals surface area contributed by atoms with E-state index in [-0.39, 0.29) is 12.1 Å². The summed E-state index contributed by atoms with van der Waals surface area (Å²) in [4.78, 5) is 15.2. The topological polar surface area (TPSA) is 41.6 Å². The minimum absolute atomic E-state index is 0.0215. The van der Waals surface area contributed by atoms with Crippen LogP contribution in [0.2, 0.25) is 0 Å². The van der Waals surface area contributed by atoms with Crippen molar-refractivity contribution in [3.05, 3.63) is 88.4 Å². The van der Waals surface area contributed by atoms with Crippen LogP contribution in [-0.4, -0.2) is 12.5 Å². The molecule has 4 rings (SSSR count). The number of carbonyl (C=O) groups excluding carboxylic acids is 1. The number of hydrogen-bond acceptors (Lipinski definition) is 3. The van der Waals surface area contributed by atoms with Crippen LogP contribution in [0.4, 0.5) is 11.4 Å². The van der Waals surface area contributed by atoms with Gasteiger partial charge in [-0.15, -0.1) is 0 Å². The largest absolute Gasteiger partial charge is 0.493 e. The molecule has 0 saturated carbocycles. The highest BCUT2D eigenvalue weighted by atomic mass is 79.9. The van der Waals surface area contributed by atoms with Crippen LogP contribution in [-0.2, 0) is 0 Å². The molecule has 1 heterocycles. The van der Waals surface area contributed by atoms with Crippen LogP contribution in [0.25, 0.3) is 0 Å². The first-order valence-corrected chi connectivity index (χ1v) is 10.5. The number of nitrogens with zero attached hydrogens (tertiary/aromatic N) is 1. The molecule has 1 atom stereocenters. The average Bonchev–Trinajstić information content (AvgIpc) is 2.73. The molecule has 0 spiro atoms. The number of rotatable bonds is 5. The smallest absolute Gasteiger partial charge is 0.262 e. The van der Waals surface area contributed by atoms with Gasteiger partial charge in [0, 0.05) is 15.8 Å². The van der Waals surface area contributed by atoms with E-state index in [9.17, 15) is 4.79 Å². The molecule has 0 aromatic heterocycles. The van der Waals surface area contributed by atoms with Crippen LogP contribution in [0, 0.1) is 5.92 Å². The summed E-state index contributed by atoms with van der Waals surface area (Å²) in [6, 6.07) is 23.4. The normalized spacial score (nSPS) is 15.8. The van der Waals surface area contributed by atoms with Gasteiger partial charge in [0.2, 0.25) is 0 Å². The van der Waals surface area contributed by atoms with E-state index < -0.39 is 0 Å². The first kappa shape index (κ1) is 19.5. The van der Waals surface area contributed by atoms with Gasteiger partial charge < -0.3 is 10.1 Å². The summed E-state index contributed by atoms with van der Waals surface area (Å²) in [5.74, 6) is 1.28. The number of carbonyl (C=O) groups is 1. The summed E-state index contributed by atoms with van der Waals surface area (Å²) in [5, 5.41) is 3.53. The Morgan fingerprint density at radius 1 is 1.00 bits per heavy atom. The van der Waals surface area contributed by atoms with Gasteiger partial charge in [0.1, 0.15) is 11.9 Å². The van der Waals surface area contributed by atoms with Crippen molar-refractivity contribution >= 4 is 33.2 Å². The highest BCUT2D eigenvalue weighted by Gasteiger charge is 2.33. The summed E-state index contributed by atoms with van der Waals surface area (Å²) in [5.41, 5.74) is 3.34. The molecule has 0 radical (unpaired) electrons. The lowest BCUT2D eigenvalue weighted by Crippen LogP contribution is -2.43. The summed E-state index contributed by atoms with van der Waals surface area (Å²) in [7, 11) is 0. The zero-order valence-corrected chi connectivity index (χ0v) is 18.0. The second kappa shape index (κ2) is 8.29. The van der Waals surface area contributed by atoms with Crippen molar-refractivity contribution in [1.82, 2.24) is 0 Å². The maximum absolute atomic E-state index is 13.4. The second-order valence-corrected chi connectivity index (χ2v) is 8.43. The van der Waals surface area contributed by atoms with Crippen molar-refractivity contribution in [2.24, 2.45) is 5.92 Å². The molecular weight excluding hydrogens is 428 g/mol. The number of anilines is 2. The lowest BCUT2D eigenvalue weighted by Gasteiger charge is -2.38. The molecule has 1 N–H and O–H groups in total. The van der Waals surface area contributed by atoms with Crippen LogP contribution in [0.15, 0.2) is 77.3 Å². The van der Waals surface area contributed by atoms with Gasteiger partial charge in [0.15, 0.2) is 0 Å². The minimum Gasteiger partial charge on any atom is -0.493 e. The van der Waals surface area contributed by atoms with Gasteiger partial charge >= 0.3 is 0 Å². The number of nitrogens with one attached hydrogen (secondary N) is 1. The van der Waals surface area contributed by atoms with Crippen molar-refractivity contribution in [3.8, 4) is 5.75 Å². The number of fused-ring (bicyclic) bond motifs is 1. The molecule has 3 aromatic carbocycles. The monoisotopic (exact) mass is 450 g/mol. The minimum atomic E-state index is -0.308. The van der Waals surface area contributed by atoms with E-state index in [1.807, 2.05) is 72.8 Å². The number of hydrogen-bond donors (Lipinski definition) is 1. The molecule has 0 unspecified atom stereocenters. The van der Waals surface area contributed by atoms with Crippen molar-refractivity contribution in [2.75, 3.05) is 16.8 Å². The van der Waals surface area contributed by atoms with Crippen molar-refractivity contribution in [3.63, 3.8) is 0 Å². The van der Waals surface area contributed by atoms with E-state index in [4.69, 9.17) is 4.74 Å². The summed E-state index contributed by atoms with van der Waals surface area (Å²) >= 11 is 3.47. The molecule has 0 fully saturated rings. The fourth-order valence-corrected chi connectivity index (χ4v) is 3.63. The Kier molecular flexibility index (Phi) is 5.58. The number of benzene rings is 3. The van der Waals surface area contributed by atoms with Crippen molar-refractivity contribution in [2.45, 2.75) is 20.0 Å². The molecule has 3 aromatic rings. The molecular formula is C24H23BrN2O2. The molecule has 148 valence electrons. The number of amides is 1. The molecule has 1 aliphatic rings. The highest BCUT2D eigenvalue weighted by molar-refractivity contribution is 9.10. The molecule has 4 nitrogen and oxygen atoms in total. The highest BCUT2D eigenvalue weighted by Crippen LogP contribution is 2.37. The van der Waals surface area contributed by atoms with Gasteiger partial charge in [-0.05, 0) is 60.0 Å². The molecule has 0 aliphatic carbocycles. The van der Waals surface area contributed by atoms with Gasteiger partial charge in [-0.3, -0.25) is 9.69 Å². The third-order valence-electron chi connectivity index (χ3n) is 4.81. The van der Waals surface area contributed by atoms with Crippen LogP contribution in [0.1, 0.15) is 35.9 Å². The Labute approximate surface area is 179 Å². The van der Waals surface area contributed by atoms with Gasteiger partial charge in [0.05, 0.1) is 12.2 Å². The number of ether oxygens (including phenoxy) is 1. The summed E-state index contributed by atoms with van der Waals surface area (Å²) < 4.78 is 6.78. The number of para-hydroxylation sites is 1. The Balaban J connectivity index is 1.71. The van der Waals surface area contributed by atoms with E-state index in [1.165, 1.54) is 0 Å². The fourth-order valence-electron chi connectivity index (χ4n) is 3.36. The molecule has 1 amide bonds. The average molecular weight is 451 g/mol. The van der Waals surface area contributed by atoms with Gasteiger partial charge in [-0.25, -0.2) is 0 Å². The summed E-state index contributed by atoms with van der Waals surface area (Å²) in [6.07, 6.45) is -0.308. The Bertz CT molecular complexity index is 1000. The van der Waals surface area contributed by atoms with E-state index in [1.54, 1.807) is 4.90 Å². The first-order chi connectivity index (χ1) is 14.0. The Morgan fingerprint density at radius 2 is 1.69 bits per heavy atom. The quantitative estimate of drug-likeness (QED) is 0.498. The zero-order valence-electron chi connectivity index (χ0n) is 16.4. The van der Waals surface area contributed by atoms with Crippen LogP contribution >= 0.6 is 15.9 Å². The SMILES string of the molecule is CC(C)COc1ccc([C@H]2Nc3ccccc3C(=O)N2c2ccc(Br)cc2)cc1. The second-order valence-electron chi connectivity index (χ2n) is 7.52. The standard InChI is InChI=1S/C24H23BrN2O2/c1-16(2)15-29-20-13-7-17(8-14-20)23-26-22-6-4-3-5-21(22)24(28)27(23)19-11-9-18(25)10-12-19/h3-14,16,23,26H,15H2,1-2H3/t23-/m0/s1. The van der Waals surface area contributed by atoms with Crippen LogP contribution in [0.3, 0.4) is 0 Å². The summed E-state index contributed by atoms with van der Waals surface area (Å²) in [6.45, 7) is 4.93. The molecule has 0 bridgehead atoms. The van der Waals surface area contributed by atoms with Gasteiger partial charge in [-0.1, -0.05) is 54.0 Å². The predicted molar refractivity (Wildman–Crippen MR) is 121 cm³/mol. The zero-order chi connectivity index (χ0) is 20.4. The lowest BCUT2D eigenvalue weighted by molar-refractivity contribution is 0.0975. The maximum atomic E-state index is 13.4. The lowest BCUT2D eigenvalue weighted by atomic mass is 10.0.